The fraction of sp³-hybridized carbons (Fsp3) is 0.267. The van der Waals surface area contributed by atoms with Gasteiger partial charge in [0.1, 0.15) is 5.82 Å². The molecule has 3 N–H and O–H groups in total. The van der Waals surface area contributed by atoms with Gasteiger partial charge in [-0.1, -0.05) is 18.2 Å². The zero-order valence-corrected chi connectivity index (χ0v) is 12.1. The quantitative estimate of drug-likeness (QED) is 0.558. The molecule has 0 saturated carbocycles. The van der Waals surface area contributed by atoms with E-state index in [9.17, 15) is 0 Å². The normalized spacial score (nSPS) is 12.7. The van der Waals surface area contributed by atoms with Gasteiger partial charge in [0.25, 0.3) is 0 Å². The molecule has 0 saturated heterocycles. The summed E-state index contributed by atoms with van der Waals surface area (Å²) < 4.78 is 1.88. The molecular weight excluding hydrogens is 264 g/mol. The highest BCUT2D eigenvalue weighted by molar-refractivity contribution is 5.81. The maximum atomic E-state index is 5.68. The number of hydrogen-bond donors (Lipinski definition) is 2. The number of aromatic nitrogens is 4. The molecule has 1 aromatic carbocycles. The summed E-state index contributed by atoms with van der Waals surface area (Å²) >= 11 is 0. The van der Waals surface area contributed by atoms with E-state index < -0.39 is 0 Å². The Labute approximate surface area is 123 Å². The average molecular weight is 282 g/mol. The van der Waals surface area contributed by atoms with E-state index in [1.807, 2.05) is 30.8 Å². The Morgan fingerprint density at radius 1 is 1.24 bits per heavy atom. The van der Waals surface area contributed by atoms with Crippen LogP contribution in [0.5, 0.6) is 0 Å². The molecule has 0 aliphatic carbocycles. The van der Waals surface area contributed by atoms with E-state index in [0.717, 1.165) is 22.2 Å². The molecule has 21 heavy (non-hydrogen) atoms. The van der Waals surface area contributed by atoms with Crippen molar-refractivity contribution in [2.75, 3.05) is 0 Å². The Balaban J connectivity index is 1.94. The third kappa shape index (κ3) is 2.63. The molecule has 0 fully saturated rings. The van der Waals surface area contributed by atoms with E-state index in [-0.39, 0.29) is 6.04 Å². The van der Waals surface area contributed by atoms with Gasteiger partial charge in [-0.05, 0) is 18.6 Å². The first-order valence-electron chi connectivity index (χ1n) is 6.84. The highest BCUT2D eigenvalue weighted by atomic mass is 15.3. The van der Waals surface area contributed by atoms with Crippen molar-refractivity contribution in [1.29, 1.82) is 0 Å². The molecule has 6 nitrogen and oxygen atoms in total. The minimum absolute atomic E-state index is 0.163. The predicted octanol–water partition coefficient (Wildman–Crippen LogP) is 1.42. The van der Waals surface area contributed by atoms with Gasteiger partial charge >= 0.3 is 0 Å². The number of rotatable bonds is 4. The Morgan fingerprint density at radius 3 is 2.67 bits per heavy atom. The molecule has 1 atom stereocenters. The summed E-state index contributed by atoms with van der Waals surface area (Å²) in [7, 11) is 1.94. The molecule has 1 unspecified atom stereocenters. The van der Waals surface area contributed by atoms with Crippen LogP contribution in [-0.4, -0.2) is 19.7 Å². The summed E-state index contributed by atoms with van der Waals surface area (Å²) in [4.78, 5) is 8.69. The number of fused-ring (bicyclic) bond motifs is 1. The number of aryl methyl sites for hydroxylation is 2. The fourth-order valence-corrected chi connectivity index (χ4v) is 2.44. The lowest BCUT2D eigenvalue weighted by Crippen LogP contribution is -2.31. The first-order valence-corrected chi connectivity index (χ1v) is 6.84. The number of nitrogens with two attached hydrogens (primary N) is 1. The smallest absolute Gasteiger partial charge is 0.146 e. The second kappa shape index (κ2) is 5.59. The molecule has 3 aromatic rings. The number of hydrazine groups is 1. The summed E-state index contributed by atoms with van der Waals surface area (Å²) in [6, 6.07) is 7.99. The summed E-state index contributed by atoms with van der Waals surface area (Å²) in [5.74, 6) is 6.36. The van der Waals surface area contributed by atoms with Crippen molar-refractivity contribution >= 4 is 10.9 Å². The Hall–Kier alpha value is -2.31. The minimum Gasteiger partial charge on any atom is -0.271 e. The lowest BCUT2D eigenvalue weighted by atomic mass is 10.1. The fourth-order valence-electron chi connectivity index (χ4n) is 2.44. The summed E-state index contributed by atoms with van der Waals surface area (Å²) in [5.41, 5.74) is 5.90. The van der Waals surface area contributed by atoms with Crippen molar-refractivity contribution in [3.63, 3.8) is 0 Å². The predicted molar refractivity (Wildman–Crippen MR) is 81.3 cm³/mol. The Kier molecular flexibility index (Phi) is 3.64. The zero-order valence-electron chi connectivity index (χ0n) is 12.1. The lowest BCUT2D eigenvalue weighted by molar-refractivity contribution is 0.515. The van der Waals surface area contributed by atoms with Gasteiger partial charge in [-0.25, -0.2) is 15.4 Å². The van der Waals surface area contributed by atoms with Crippen molar-refractivity contribution in [3.05, 3.63) is 53.7 Å². The molecule has 2 heterocycles. The molecular formula is C15H18N6. The van der Waals surface area contributed by atoms with Crippen LogP contribution < -0.4 is 11.3 Å². The number of para-hydroxylation sites is 1. The third-order valence-corrected chi connectivity index (χ3v) is 3.55. The molecule has 0 spiro atoms. The molecule has 0 amide bonds. The minimum atomic E-state index is -0.163. The highest BCUT2D eigenvalue weighted by Gasteiger charge is 2.17. The van der Waals surface area contributed by atoms with Gasteiger partial charge < -0.3 is 0 Å². The maximum absolute atomic E-state index is 5.68. The zero-order chi connectivity index (χ0) is 14.8. The molecule has 0 radical (unpaired) electrons. The SMILES string of the molecule is Cc1cnc(C(Cc2nn(C)c3ccccc23)NN)nc1. The second-order valence-electron chi connectivity index (χ2n) is 5.13. The lowest BCUT2D eigenvalue weighted by Gasteiger charge is -2.13. The Morgan fingerprint density at radius 2 is 1.95 bits per heavy atom. The van der Waals surface area contributed by atoms with Crippen molar-refractivity contribution in [2.24, 2.45) is 12.9 Å². The largest absolute Gasteiger partial charge is 0.271 e. The number of nitrogens with zero attached hydrogens (tertiary/aromatic N) is 4. The van der Waals surface area contributed by atoms with Gasteiger partial charge in [0, 0.05) is 31.2 Å². The van der Waals surface area contributed by atoms with Crippen molar-refractivity contribution in [1.82, 2.24) is 25.2 Å². The standard InChI is InChI=1S/C15H18N6/c1-10-8-17-15(18-9-10)13(19-16)7-12-11-5-3-4-6-14(11)21(2)20-12/h3-6,8-9,13,19H,7,16H2,1-2H3. The van der Waals surface area contributed by atoms with Crippen molar-refractivity contribution in [3.8, 4) is 0 Å². The van der Waals surface area contributed by atoms with Gasteiger partial charge in [0.2, 0.25) is 0 Å². The van der Waals surface area contributed by atoms with Crippen molar-refractivity contribution < 1.29 is 0 Å². The molecule has 0 aliphatic rings. The molecule has 2 aromatic heterocycles. The van der Waals surface area contributed by atoms with Crippen LogP contribution in [0.3, 0.4) is 0 Å². The van der Waals surface area contributed by atoms with Gasteiger partial charge in [-0.2, -0.15) is 5.10 Å². The van der Waals surface area contributed by atoms with Crippen LogP contribution in [0.25, 0.3) is 10.9 Å². The van der Waals surface area contributed by atoms with Crippen LogP contribution >= 0.6 is 0 Å². The van der Waals surface area contributed by atoms with Crippen LogP contribution in [0.15, 0.2) is 36.7 Å². The Bertz CT molecular complexity index is 746. The van der Waals surface area contributed by atoms with E-state index in [0.29, 0.717) is 12.2 Å². The monoisotopic (exact) mass is 282 g/mol. The number of hydrogen-bond acceptors (Lipinski definition) is 5. The molecule has 0 bridgehead atoms. The van der Waals surface area contributed by atoms with Crippen LogP contribution in [0, 0.1) is 6.92 Å². The van der Waals surface area contributed by atoms with Gasteiger partial charge in [-0.3, -0.25) is 10.5 Å². The highest BCUT2D eigenvalue weighted by Crippen LogP contribution is 2.22. The van der Waals surface area contributed by atoms with Crippen LogP contribution in [0.2, 0.25) is 0 Å². The number of benzene rings is 1. The third-order valence-electron chi connectivity index (χ3n) is 3.55. The van der Waals surface area contributed by atoms with E-state index in [1.165, 1.54) is 0 Å². The topological polar surface area (TPSA) is 81.7 Å². The van der Waals surface area contributed by atoms with Crippen molar-refractivity contribution in [2.45, 2.75) is 19.4 Å². The van der Waals surface area contributed by atoms with Gasteiger partial charge in [0.05, 0.1) is 17.3 Å². The second-order valence-corrected chi connectivity index (χ2v) is 5.13. The van der Waals surface area contributed by atoms with Crippen LogP contribution in [0.4, 0.5) is 0 Å². The van der Waals surface area contributed by atoms with Crippen LogP contribution in [0.1, 0.15) is 23.1 Å². The average Bonchev–Trinajstić information content (AvgIpc) is 2.83. The summed E-state index contributed by atoms with van der Waals surface area (Å²) in [6.45, 7) is 1.96. The van der Waals surface area contributed by atoms with E-state index >= 15 is 0 Å². The van der Waals surface area contributed by atoms with E-state index in [1.54, 1.807) is 12.4 Å². The first-order chi connectivity index (χ1) is 10.2. The summed E-state index contributed by atoms with van der Waals surface area (Å²) in [5, 5.41) is 5.72. The molecule has 108 valence electrons. The molecule has 6 heteroatoms. The molecule has 3 rings (SSSR count). The number of nitrogens with one attached hydrogen (secondary N) is 1. The van der Waals surface area contributed by atoms with Gasteiger partial charge in [0.15, 0.2) is 0 Å². The van der Waals surface area contributed by atoms with E-state index in [4.69, 9.17) is 5.84 Å². The van der Waals surface area contributed by atoms with E-state index in [2.05, 4.69) is 32.6 Å². The summed E-state index contributed by atoms with van der Waals surface area (Å²) in [6.07, 6.45) is 4.23. The first kappa shape index (κ1) is 13.7. The van der Waals surface area contributed by atoms with Crippen LogP contribution in [-0.2, 0) is 13.5 Å². The maximum Gasteiger partial charge on any atom is 0.146 e. The van der Waals surface area contributed by atoms with Gasteiger partial charge in [-0.15, -0.1) is 0 Å². The molecule has 0 aliphatic heterocycles.